The lowest BCUT2D eigenvalue weighted by atomic mass is 10.2. The molecule has 0 N–H and O–H groups in total. The Kier molecular flexibility index (Phi) is 5.24. The highest BCUT2D eigenvalue weighted by Crippen LogP contribution is 2.20. The molecule has 13 heavy (non-hydrogen) atoms. The molecule has 0 saturated heterocycles. The fraction of sp³-hybridized carbons (Fsp3) is 0.222. The summed E-state index contributed by atoms with van der Waals surface area (Å²) in [5.41, 5.74) is -0.301. The predicted octanol–water partition coefficient (Wildman–Crippen LogP) is 3.63. The van der Waals surface area contributed by atoms with Crippen LogP contribution in [0.1, 0.15) is 19.4 Å². The summed E-state index contributed by atoms with van der Waals surface area (Å²) in [7, 11) is 0. The van der Waals surface area contributed by atoms with E-state index in [0.29, 0.717) is 0 Å². The van der Waals surface area contributed by atoms with Gasteiger partial charge in [-0.15, -0.1) is 0 Å². The van der Waals surface area contributed by atoms with Crippen molar-refractivity contribution in [2.24, 2.45) is 0 Å². The van der Waals surface area contributed by atoms with E-state index in [2.05, 4.69) is 15.9 Å². The van der Waals surface area contributed by atoms with E-state index in [-0.39, 0.29) is 10.0 Å². The van der Waals surface area contributed by atoms with E-state index in [1.165, 1.54) is 6.07 Å². The summed E-state index contributed by atoms with van der Waals surface area (Å²) in [6, 6.07) is 3.79. The first-order valence-electron chi connectivity index (χ1n) is 3.70. The van der Waals surface area contributed by atoms with Crippen LogP contribution < -0.4 is 0 Å². The molecule has 0 fully saturated rings. The summed E-state index contributed by atoms with van der Waals surface area (Å²) in [5, 5.41) is 8.34. The van der Waals surface area contributed by atoms with Gasteiger partial charge in [-0.25, -0.2) is 8.78 Å². The lowest BCUT2D eigenvalue weighted by molar-refractivity contribution is 0.505. The molecule has 70 valence electrons. The molecule has 0 heterocycles. The van der Waals surface area contributed by atoms with Crippen molar-refractivity contribution in [2.75, 3.05) is 0 Å². The van der Waals surface area contributed by atoms with Crippen LogP contribution in [0.2, 0.25) is 0 Å². The van der Waals surface area contributed by atoms with Gasteiger partial charge in [-0.2, -0.15) is 5.26 Å². The van der Waals surface area contributed by atoms with Crippen molar-refractivity contribution >= 4 is 15.9 Å². The number of hydrogen-bond donors (Lipinski definition) is 0. The first-order valence-corrected chi connectivity index (χ1v) is 4.49. The van der Waals surface area contributed by atoms with Crippen LogP contribution >= 0.6 is 15.9 Å². The Bertz CT molecular complexity index is 331. The average Bonchev–Trinajstić information content (AvgIpc) is 2.16. The van der Waals surface area contributed by atoms with Gasteiger partial charge in [-0.05, 0) is 28.1 Å². The lowest BCUT2D eigenvalue weighted by Gasteiger charge is -1.96. The number of rotatable bonds is 0. The lowest BCUT2D eigenvalue weighted by Crippen LogP contribution is -1.89. The second-order valence-electron chi connectivity index (χ2n) is 1.83. The molecule has 0 aliphatic carbocycles. The van der Waals surface area contributed by atoms with Crippen LogP contribution in [0.25, 0.3) is 0 Å². The third kappa shape index (κ3) is 2.78. The summed E-state index contributed by atoms with van der Waals surface area (Å²) >= 11 is 2.91. The van der Waals surface area contributed by atoms with Crippen molar-refractivity contribution in [2.45, 2.75) is 13.8 Å². The fourth-order valence-corrected chi connectivity index (χ4v) is 1.02. The molecule has 0 aromatic heterocycles. The van der Waals surface area contributed by atoms with Gasteiger partial charge in [0.15, 0.2) is 11.6 Å². The topological polar surface area (TPSA) is 23.8 Å². The highest BCUT2D eigenvalue weighted by atomic mass is 79.9. The van der Waals surface area contributed by atoms with Gasteiger partial charge < -0.3 is 0 Å². The van der Waals surface area contributed by atoms with Crippen LogP contribution in [0.3, 0.4) is 0 Å². The molecule has 0 bridgehead atoms. The molecule has 0 amide bonds. The number of nitrogens with zero attached hydrogens (tertiary/aromatic N) is 1. The molecule has 4 heteroatoms. The van der Waals surface area contributed by atoms with Gasteiger partial charge in [0.25, 0.3) is 0 Å². The molecule has 1 aromatic rings. The highest BCUT2D eigenvalue weighted by molar-refractivity contribution is 9.10. The molecule has 1 aromatic carbocycles. The van der Waals surface area contributed by atoms with Crippen LogP contribution in [0.4, 0.5) is 8.78 Å². The molecule has 0 saturated carbocycles. The second kappa shape index (κ2) is 5.65. The van der Waals surface area contributed by atoms with Crippen LogP contribution in [-0.2, 0) is 0 Å². The molecule has 1 nitrogen and oxygen atoms in total. The van der Waals surface area contributed by atoms with E-state index < -0.39 is 11.6 Å². The van der Waals surface area contributed by atoms with E-state index in [1.807, 2.05) is 13.8 Å². The maximum Gasteiger partial charge on any atom is 0.177 e. The van der Waals surface area contributed by atoms with Crippen LogP contribution in [-0.4, -0.2) is 0 Å². The summed E-state index contributed by atoms with van der Waals surface area (Å²) in [4.78, 5) is 0. The molecule has 0 aliphatic heterocycles. The third-order valence-electron chi connectivity index (χ3n) is 1.16. The fourth-order valence-electron chi connectivity index (χ4n) is 0.630. The van der Waals surface area contributed by atoms with Gasteiger partial charge in [-0.3, -0.25) is 0 Å². The van der Waals surface area contributed by atoms with Gasteiger partial charge in [-0.1, -0.05) is 13.8 Å². The molecule has 1 rings (SSSR count). The Labute approximate surface area is 84.1 Å². The van der Waals surface area contributed by atoms with Gasteiger partial charge in [0, 0.05) is 4.47 Å². The standard InChI is InChI=1S/C7H2BrF2N.C2H6/c8-5-1-2-6(9)7(10)4(5)3-11;1-2/h1-2H;1-2H3. The Morgan fingerprint density at radius 1 is 1.31 bits per heavy atom. The molecule has 0 atom stereocenters. The quantitative estimate of drug-likeness (QED) is 0.643. The van der Waals surface area contributed by atoms with E-state index in [0.717, 1.165) is 6.07 Å². The number of nitriles is 1. The smallest absolute Gasteiger partial charge is 0.177 e. The average molecular weight is 248 g/mol. The molecular formula is C9H8BrF2N. The number of hydrogen-bond acceptors (Lipinski definition) is 1. The minimum atomic E-state index is -1.11. The summed E-state index contributed by atoms with van der Waals surface area (Å²) in [6.45, 7) is 4.00. The molecule has 0 unspecified atom stereocenters. The molecule has 0 spiro atoms. The Morgan fingerprint density at radius 3 is 2.23 bits per heavy atom. The monoisotopic (exact) mass is 247 g/mol. The van der Waals surface area contributed by atoms with Gasteiger partial charge >= 0.3 is 0 Å². The highest BCUT2D eigenvalue weighted by Gasteiger charge is 2.10. The zero-order chi connectivity index (χ0) is 10.4. The van der Waals surface area contributed by atoms with Gasteiger partial charge in [0.05, 0.1) is 0 Å². The number of halogens is 3. The van der Waals surface area contributed by atoms with Crippen LogP contribution in [0.15, 0.2) is 16.6 Å². The summed E-state index contributed by atoms with van der Waals surface area (Å²) in [5.74, 6) is -2.12. The maximum absolute atomic E-state index is 12.6. The van der Waals surface area contributed by atoms with Crippen molar-refractivity contribution < 1.29 is 8.78 Å². The Morgan fingerprint density at radius 2 is 1.85 bits per heavy atom. The van der Waals surface area contributed by atoms with Crippen molar-refractivity contribution in [3.05, 3.63) is 33.8 Å². The largest absolute Gasteiger partial charge is 0.204 e. The van der Waals surface area contributed by atoms with Gasteiger partial charge in [0.1, 0.15) is 11.6 Å². The Hall–Kier alpha value is -0.950. The zero-order valence-corrected chi connectivity index (χ0v) is 8.82. The maximum atomic E-state index is 12.6. The van der Waals surface area contributed by atoms with Crippen molar-refractivity contribution in [3.8, 4) is 6.07 Å². The minimum absolute atomic E-state index is 0.263. The first-order chi connectivity index (χ1) is 6.16. The summed E-state index contributed by atoms with van der Waals surface area (Å²) in [6.07, 6.45) is 0. The summed E-state index contributed by atoms with van der Waals surface area (Å²) < 4.78 is 25.3. The Balaban J connectivity index is 0.000000671. The molecule has 0 radical (unpaired) electrons. The first kappa shape index (κ1) is 12.0. The van der Waals surface area contributed by atoms with E-state index >= 15 is 0 Å². The van der Waals surface area contributed by atoms with E-state index in [9.17, 15) is 8.78 Å². The van der Waals surface area contributed by atoms with Crippen molar-refractivity contribution in [1.29, 1.82) is 5.26 Å². The molecule has 0 aliphatic rings. The van der Waals surface area contributed by atoms with Crippen molar-refractivity contribution in [3.63, 3.8) is 0 Å². The van der Waals surface area contributed by atoms with Crippen LogP contribution in [0, 0.1) is 23.0 Å². The van der Waals surface area contributed by atoms with Crippen molar-refractivity contribution in [1.82, 2.24) is 0 Å². The normalized spacial score (nSPS) is 8.31. The SMILES string of the molecule is CC.N#Cc1c(Br)ccc(F)c1F. The molecular weight excluding hydrogens is 240 g/mol. The third-order valence-corrected chi connectivity index (χ3v) is 1.82. The number of benzene rings is 1. The van der Waals surface area contributed by atoms with E-state index in [4.69, 9.17) is 5.26 Å². The zero-order valence-electron chi connectivity index (χ0n) is 7.24. The second-order valence-corrected chi connectivity index (χ2v) is 2.68. The minimum Gasteiger partial charge on any atom is -0.204 e. The van der Waals surface area contributed by atoms with E-state index in [1.54, 1.807) is 6.07 Å². The predicted molar refractivity (Wildman–Crippen MR) is 50.1 cm³/mol. The van der Waals surface area contributed by atoms with Gasteiger partial charge in [0.2, 0.25) is 0 Å². The van der Waals surface area contributed by atoms with Crippen LogP contribution in [0.5, 0.6) is 0 Å².